The molecule has 0 radical (unpaired) electrons. The number of hydrogen-bond acceptors (Lipinski definition) is 4. The van der Waals surface area contributed by atoms with E-state index < -0.39 is 10.0 Å². The van der Waals surface area contributed by atoms with Gasteiger partial charge in [-0.05, 0) is 55.5 Å². The van der Waals surface area contributed by atoms with Crippen molar-refractivity contribution in [1.29, 1.82) is 0 Å². The molecular weight excluding hydrogens is 304 g/mol. The van der Waals surface area contributed by atoms with Gasteiger partial charge in [0.1, 0.15) is 0 Å². The molecule has 0 unspecified atom stereocenters. The Bertz CT molecular complexity index is 771. The van der Waals surface area contributed by atoms with Gasteiger partial charge in [-0.2, -0.15) is 0 Å². The first-order valence-corrected chi connectivity index (χ1v) is 9.08. The summed E-state index contributed by atoms with van der Waals surface area (Å²) in [7, 11) is -3.66. The molecule has 0 bridgehead atoms. The normalized spacial score (nSPS) is 11.4. The highest BCUT2D eigenvalue weighted by atomic mass is 32.2. The average molecular weight is 322 g/mol. The molecule has 0 aliphatic heterocycles. The first kappa shape index (κ1) is 15.7. The van der Waals surface area contributed by atoms with Gasteiger partial charge in [0.05, 0.1) is 10.6 Å². The predicted molar refractivity (Wildman–Crippen MR) is 89.4 cm³/mol. The highest BCUT2D eigenvalue weighted by Gasteiger charge is 2.19. The van der Waals surface area contributed by atoms with Crippen LogP contribution in [-0.2, 0) is 10.0 Å². The number of hydrogen-bond donors (Lipinski definition) is 2. The fourth-order valence-corrected chi connectivity index (χ4v) is 4.11. The van der Waals surface area contributed by atoms with Crippen LogP contribution in [0.5, 0.6) is 0 Å². The summed E-state index contributed by atoms with van der Waals surface area (Å²) < 4.78 is 27.9. The number of para-hydroxylation sites is 1. The van der Waals surface area contributed by atoms with E-state index >= 15 is 0 Å². The zero-order valence-electron chi connectivity index (χ0n) is 12.2. The van der Waals surface area contributed by atoms with Gasteiger partial charge >= 0.3 is 0 Å². The molecule has 0 spiro atoms. The quantitative estimate of drug-likeness (QED) is 0.668. The summed E-state index contributed by atoms with van der Waals surface area (Å²) in [5, 5.41) is 0. The first-order chi connectivity index (χ1) is 9.85. The Kier molecular flexibility index (Phi) is 4.49. The molecule has 0 heterocycles. The van der Waals surface area contributed by atoms with E-state index in [0.717, 1.165) is 10.5 Å². The van der Waals surface area contributed by atoms with Crippen molar-refractivity contribution >= 4 is 33.2 Å². The van der Waals surface area contributed by atoms with Gasteiger partial charge in [-0.3, -0.25) is 4.72 Å². The van der Waals surface area contributed by atoms with Crippen LogP contribution < -0.4 is 10.5 Å². The summed E-state index contributed by atoms with van der Waals surface area (Å²) >= 11 is 1.49. The maximum absolute atomic E-state index is 12.6. The van der Waals surface area contributed by atoms with E-state index in [0.29, 0.717) is 16.9 Å². The van der Waals surface area contributed by atoms with Gasteiger partial charge in [0.2, 0.25) is 0 Å². The number of thioether (sulfide) groups is 1. The smallest absolute Gasteiger partial charge is 0.262 e. The lowest BCUT2D eigenvalue weighted by Crippen LogP contribution is -2.15. The molecule has 0 atom stereocenters. The monoisotopic (exact) mass is 322 g/mol. The lowest BCUT2D eigenvalue weighted by Gasteiger charge is -2.14. The van der Waals surface area contributed by atoms with Crippen LogP contribution in [0.4, 0.5) is 11.4 Å². The van der Waals surface area contributed by atoms with Crippen LogP contribution in [0.25, 0.3) is 0 Å². The van der Waals surface area contributed by atoms with E-state index in [1.807, 2.05) is 25.3 Å². The number of anilines is 2. The van der Waals surface area contributed by atoms with Crippen molar-refractivity contribution in [2.24, 2.45) is 0 Å². The molecule has 0 aliphatic carbocycles. The minimum atomic E-state index is -3.66. The third kappa shape index (κ3) is 3.33. The highest BCUT2D eigenvalue weighted by molar-refractivity contribution is 7.99. The number of benzene rings is 2. The summed E-state index contributed by atoms with van der Waals surface area (Å²) in [4.78, 5) is 1.09. The molecule has 2 aromatic carbocycles. The lowest BCUT2D eigenvalue weighted by molar-refractivity contribution is 0.600. The van der Waals surface area contributed by atoms with Crippen LogP contribution in [0.3, 0.4) is 0 Å². The van der Waals surface area contributed by atoms with E-state index in [1.54, 1.807) is 25.1 Å². The maximum Gasteiger partial charge on any atom is 0.262 e. The second-order valence-corrected chi connectivity index (χ2v) is 7.27. The molecule has 0 amide bonds. The van der Waals surface area contributed by atoms with Crippen LogP contribution in [0.15, 0.2) is 46.2 Å². The van der Waals surface area contributed by atoms with Crippen LogP contribution in [0.1, 0.15) is 11.1 Å². The van der Waals surface area contributed by atoms with Crippen molar-refractivity contribution in [1.82, 2.24) is 0 Å². The van der Waals surface area contributed by atoms with Crippen molar-refractivity contribution in [3.8, 4) is 0 Å². The molecule has 3 N–H and O–H groups in total. The Morgan fingerprint density at radius 1 is 1.14 bits per heavy atom. The summed E-state index contributed by atoms with van der Waals surface area (Å²) in [6.45, 7) is 3.63. The van der Waals surface area contributed by atoms with Gasteiger partial charge in [-0.15, -0.1) is 11.8 Å². The summed E-state index contributed by atoms with van der Waals surface area (Å²) in [6.07, 6.45) is 1.91. The fraction of sp³-hybridized carbons (Fsp3) is 0.200. The predicted octanol–water partition coefficient (Wildman–Crippen LogP) is 3.41. The number of aryl methyl sites for hydroxylation is 1. The first-order valence-electron chi connectivity index (χ1n) is 6.37. The molecule has 4 nitrogen and oxygen atoms in total. The summed E-state index contributed by atoms with van der Waals surface area (Å²) in [5.74, 6) is 0. The molecule has 0 fully saturated rings. The van der Waals surface area contributed by atoms with Crippen molar-refractivity contribution in [3.63, 3.8) is 0 Å². The Balaban J connectivity index is 2.49. The van der Waals surface area contributed by atoms with Gasteiger partial charge in [0, 0.05) is 10.6 Å². The summed E-state index contributed by atoms with van der Waals surface area (Å²) in [6, 6.07) is 10.6. The summed E-state index contributed by atoms with van der Waals surface area (Å²) in [5.41, 5.74) is 8.35. The van der Waals surface area contributed by atoms with E-state index in [1.165, 1.54) is 17.8 Å². The van der Waals surface area contributed by atoms with E-state index in [4.69, 9.17) is 5.73 Å². The SMILES string of the molecule is CSc1ccccc1NS(=O)(=O)c1cc(N)cc(C)c1C. The Morgan fingerprint density at radius 3 is 2.48 bits per heavy atom. The lowest BCUT2D eigenvalue weighted by atomic mass is 10.1. The van der Waals surface area contributed by atoms with Gasteiger partial charge < -0.3 is 5.73 Å². The van der Waals surface area contributed by atoms with Gasteiger partial charge in [-0.25, -0.2) is 8.42 Å². The van der Waals surface area contributed by atoms with Crippen LogP contribution in [0.2, 0.25) is 0 Å². The molecule has 21 heavy (non-hydrogen) atoms. The van der Waals surface area contributed by atoms with Crippen molar-refractivity contribution in [2.45, 2.75) is 23.6 Å². The largest absolute Gasteiger partial charge is 0.399 e. The zero-order valence-corrected chi connectivity index (χ0v) is 13.8. The Morgan fingerprint density at radius 2 is 1.81 bits per heavy atom. The van der Waals surface area contributed by atoms with Crippen LogP contribution >= 0.6 is 11.8 Å². The molecule has 2 rings (SSSR count). The fourth-order valence-electron chi connectivity index (χ4n) is 2.06. The number of nitrogens with one attached hydrogen (secondary N) is 1. The zero-order chi connectivity index (χ0) is 15.6. The van der Waals surface area contributed by atoms with Crippen molar-refractivity contribution < 1.29 is 8.42 Å². The standard InChI is InChI=1S/C15H18N2O2S2/c1-10-8-12(16)9-15(11(10)2)21(18,19)17-13-6-4-5-7-14(13)20-3/h4-9,17H,16H2,1-3H3. The van der Waals surface area contributed by atoms with Crippen molar-refractivity contribution in [2.75, 3.05) is 16.7 Å². The third-order valence-electron chi connectivity index (χ3n) is 3.28. The molecule has 2 aromatic rings. The molecule has 0 saturated heterocycles. The Labute approximate surface area is 129 Å². The van der Waals surface area contributed by atoms with Gasteiger partial charge in [0.15, 0.2) is 0 Å². The number of nitrogens with two attached hydrogens (primary N) is 1. The molecule has 6 heteroatoms. The average Bonchev–Trinajstić information content (AvgIpc) is 2.43. The van der Waals surface area contributed by atoms with Gasteiger partial charge in [0.25, 0.3) is 10.0 Å². The molecule has 0 aromatic heterocycles. The van der Waals surface area contributed by atoms with E-state index in [-0.39, 0.29) is 4.90 Å². The molecule has 0 saturated carbocycles. The molecule has 0 aliphatic rings. The number of rotatable bonds is 4. The second-order valence-electron chi connectivity index (χ2n) is 4.77. The maximum atomic E-state index is 12.6. The molecule has 112 valence electrons. The highest BCUT2D eigenvalue weighted by Crippen LogP contribution is 2.29. The third-order valence-corrected chi connectivity index (χ3v) is 5.57. The molecular formula is C15H18N2O2S2. The van der Waals surface area contributed by atoms with E-state index in [2.05, 4.69) is 4.72 Å². The topological polar surface area (TPSA) is 72.2 Å². The van der Waals surface area contributed by atoms with Gasteiger partial charge in [-0.1, -0.05) is 12.1 Å². The van der Waals surface area contributed by atoms with Crippen LogP contribution in [0, 0.1) is 13.8 Å². The second kappa shape index (κ2) is 5.99. The minimum absolute atomic E-state index is 0.218. The number of sulfonamides is 1. The van der Waals surface area contributed by atoms with E-state index in [9.17, 15) is 8.42 Å². The Hall–Kier alpha value is -1.66. The van der Waals surface area contributed by atoms with Crippen LogP contribution in [-0.4, -0.2) is 14.7 Å². The number of nitrogen functional groups attached to an aromatic ring is 1. The van der Waals surface area contributed by atoms with Crippen molar-refractivity contribution in [3.05, 3.63) is 47.5 Å². The minimum Gasteiger partial charge on any atom is -0.399 e.